The lowest BCUT2D eigenvalue weighted by atomic mass is 10.1. The number of hydrogen-bond donors (Lipinski definition) is 2. The van der Waals surface area contributed by atoms with Gasteiger partial charge in [0.1, 0.15) is 34.4 Å². The highest BCUT2D eigenvalue weighted by molar-refractivity contribution is 6.04. The molecule has 0 unspecified atom stereocenters. The molecule has 0 spiro atoms. The molecule has 200 valence electrons. The van der Waals surface area contributed by atoms with Gasteiger partial charge in [-0.3, -0.25) is 14.0 Å². The number of anilines is 2. The van der Waals surface area contributed by atoms with E-state index in [1.807, 2.05) is 27.6 Å². The quantitative estimate of drug-likeness (QED) is 0.332. The molecule has 11 heteroatoms. The van der Waals surface area contributed by atoms with E-state index in [1.54, 1.807) is 63.0 Å². The Morgan fingerprint density at radius 2 is 1.97 bits per heavy atom. The number of likely N-dealkylation sites (tertiary alicyclic amines) is 1. The number of nitrogen functional groups attached to an aromatic ring is 1. The van der Waals surface area contributed by atoms with Gasteiger partial charge in [-0.2, -0.15) is 0 Å². The minimum absolute atomic E-state index is 0.0873. The molecule has 4 heterocycles. The van der Waals surface area contributed by atoms with Gasteiger partial charge in [-0.25, -0.2) is 15.0 Å². The molecule has 5 rings (SSSR count). The van der Waals surface area contributed by atoms with Crippen LogP contribution in [0.3, 0.4) is 0 Å². The average molecular weight is 528 g/mol. The minimum atomic E-state index is -0.305. The Bertz CT molecular complexity index is 1530. The molecule has 1 atom stereocenters. The number of rotatable bonds is 8. The number of carbonyl (C=O) groups is 2. The summed E-state index contributed by atoms with van der Waals surface area (Å²) in [6.07, 6.45) is 9.88. The fraction of sp³-hybridized carbons (Fsp3) is 0.250. The summed E-state index contributed by atoms with van der Waals surface area (Å²) < 4.78 is 12.1. The van der Waals surface area contributed by atoms with Crippen molar-refractivity contribution in [3.05, 3.63) is 78.5 Å². The van der Waals surface area contributed by atoms with Gasteiger partial charge in [0.2, 0.25) is 5.91 Å². The van der Waals surface area contributed by atoms with Crippen LogP contribution in [0, 0.1) is 0 Å². The van der Waals surface area contributed by atoms with E-state index in [0.717, 1.165) is 18.4 Å². The number of hydrogen-bond acceptors (Lipinski definition) is 8. The highest BCUT2D eigenvalue weighted by atomic mass is 16.5. The van der Waals surface area contributed by atoms with Crippen LogP contribution in [0.1, 0.15) is 35.1 Å². The molecule has 1 aromatic carbocycles. The Balaban J connectivity index is 1.45. The smallest absolute Gasteiger partial charge is 0.256 e. The van der Waals surface area contributed by atoms with E-state index in [9.17, 15) is 9.59 Å². The molecule has 3 aromatic heterocycles. The number of imidazole rings is 1. The molecule has 1 saturated heterocycles. The van der Waals surface area contributed by atoms with Crippen LogP contribution < -0.4 is 15.8 Å². The van der Waals surface area contributed by atoms with Crippen molar-refractivity contribution >= 4 is 29.0 Å². The number of methoxy groups -OCH3 is 2. The zero-order chi connectivity index (χ0) is 27.4. The van der Waals surface area contributed by atoms with Crippen molar-refractivity contribution in [3.8, 4) is 17.0 Å². The third-order valence-electron chi connectivity index (χ3n) is 6.60. The molecule has 0 radical (unpaired) electrons. The van der Waals surface area contributed by atoms with Gasteiger partial charge in [-0.15, -0.1) is 0 Å². The second-order valence-electron chi connectivity index (χ2n) is 9.01. The zero-order valence-electron chi connectivity index (χ0n) is 21.7. The number of benzene rings is 1. The Kier molecular flexibility index (Phi) is 7.50. The van der Waals surface area contributed by atoms with E-state index in [1.165, 1.54) is 0 Å². The molecule has 1 aliphatic rings. The maximum Gasteiger partial charge on any atom is 0.256 e. The van der Waals surface area contributed by atoms with E-state index in [4.69, 9.17) is 20.2 Å². The van der Waals surface area contributed by atoms with Gasteiger partial charge >= 0.3 is 0 Å². The molecule has 11 nitrogen and oxygen atoms in total. The monoisotopic (exact) mass is 527 g/mol. The molecule has 1 aliphatic heterocycles. The highest BCUT2D eigenvalue weighted by Gasteiger charge is 2.33. The fourth-order valence-corrected chi connectivity index (χ4v) is 4.74. The van der Waals surface area contributed by atoms with E-state index >= 15 is 0 Å². The largest absolute Gasteiger partial charge is 0.497 e. The van der Waals surface area contributed by atoms with Crippen LogP contribution >= 0.6 is 0 Å². The Morgan fingerprint density at radius 1 is 1.15 bits per heavy atom. The van der Waals surface area contributed by atoms with Crippen LogP contribution in [0.2, 0.25) is 0 Å². The van der Waals surface area contributed by atoms with Crippen LogP contribution in [-0.2, 0) is 9.53 Å². The van der Waals surface area contributed by atoms with Gasteiger partial charge in [0.05, 0.1) is 19.8 Å². The highest BCUT2D eigenvalue weighted by Crippen LogP contribution is 2.36. The summed E-state index contributed by atoms with van der Waals surface area (Å²) in [6.45, 7) is 1.00. The van der Waals surface area contributed by atoms with Crippen LogP contribution in [-0.4, -0.2) is 63.4 Å². The maximum absolute atomic E-state index is 12.9. The summed E-state index contributed by atoms with van der Waals surface area (Å²) in [5.41, 5.74) is 8.82. The van der Waals surface area contributed by atoms with Crippen LogP contribution in [0.4, 0.5) is 11.6 Å². The van der Waals surface area contributed by atoms with Crippen LogP contribution in [0.5, 0.6) is 5.75 Å². The number of carbonyl (C=O) groups excluding carboxylic acids is 2. The molecule has 0 saturated carbocycles. The van der Waals surface area contributed by atoms with Crippen LogP contribution in [0.25, 0.3) is 16.8 Å². The van der Waals surface area contributed by atoms with Crippen molar-refractivity contribution < 1.29 is 19.1 Å². The summed E-state index contributed by atoms with van der Waals surface area (Å²) in [5, 5.41) is 2.78. The zero-order valence-corrected chi connectivity index (χ0v) is 21.7. The maximum atomic E-state index is 12.9. The number of nitrogens with zero attached hydrogens (tertiary/aromatic N) is 5. The number of nitrogens with one attached hydrogen (secondary N) is 1. The molecular weight excluding hydrogens is 498 g/mol. The molecule has 0 bridgehead atoms. The van der Waals surface area contributed by atoms with E-state index in [-0.39, 0.29) is 17.9 Å². The predicted octanol–water partition coefficient (Wildman–Crippen LogP) is 3.50. The molecule has 2 amide bonds. The third-order valence-corrected chi connectivity index (χ3v) is 6.60. The van der Waals surface area contributed by atoms with Crippen LogP contribution in [0.15, 0.2) is 67.1 Å². The number of nitrogens with two attached hydrogens (primary N) is 1. The number of fused-ring (bicyclic) bond motifs is 1. The number of amides is 2. The van der Waals surface area contributed by atoms with E-state index in [0.29, 0.717) is 53.1 Å². The lowest BCUT2D eigenvalue weighted by Gasteiger charge is -2.22. The third kappa shape index (κ3) is 5.30. The van der Waals surface area contributed by atoms with E-state index in [2.05, 4.69) is 15.3 Å². The van der Waals surface area contributed by atoms with Crippen molar-refractivity contribution in [2.24, 2.45) is 0 Å². The topological polar surface area (TPSA) is 137 Å². The Morgan fingerprint density at radius 3 is 2.74 bits per heavy atom. The number of aromatic nitrogens is 4. The summed E-state index contributed by atoms with van der Waals surface area (Å²) in [7, 11) is 3.14. The van der Waals surface area contributed by atoms with Crippen molar-refractivity contribution in [1.82, 2.24) is 24.3 Å². The number of pyridine rings is 1. The number of ether oxygens (including phenoxy) is 2. The molecule has 1 fully saturated rings. The summed E-state index contributed by atoms with van der Waals surface area (Å²) in [6, 6.07) is 10.2. The van der Waals surface area contributed by atoms with Crippen molar-refractivity contribution in [3.63, 3.8) is 0 Å². The molecule has 0 aliphatic carbocycles. The van der Waals surface area contributed by atoms with Gasteiger partial charge in [0, 0.05) is 55.5 Å². The SMILES string of the molecule is COCC=CC(=O)N1CCC[C@H]1c1nc(-c2ccc(C(=O)Nc3cc(OC)ccn3)cc2)c2c(N)nccn12. The Labute approximate surface area is 225 Å². The fourth-order valence-electron chi connectivity index (χ4n) is 4.74. The van der Waals surface area contributed by atoms with Gasteiger partial charge in [0.15, 0.2) is 0 Å². The molecule has 3 N–H and O–H groups in total. The molecular formula is C28H29N7O4. The second kappa shape index (κ2) is 11.3. The Hall–Kier alpha value is -4.77. The van der Waals surface area contributed by atoms with Gasteiger partial charge < -0.3 is 25.4 Å². The second-order valence-corrected chi connectivity index (χ2v) is 9.01. The first-order valence-corrected chi connectivity index (χ1v) is 12.5. The first kappa shape index (κ1) is 25.9. The first-order valence-electron chi connectivity index (χ1n) is 12.5. The van der Waals surface area contributed by atoms with Crippen molar-refractivity contribution in [2.45, 2.75) is 18.9 Å². The standard InChI is InChI=1S/C28H29N7O4/c1-38-16-4-6-23(36)34-14-3-5-21(34)27-33-24(25-26(29)31-13-15-35(25)27)18-7-9-19(10-8-18)28(37)32-22-17-20(39-2)11-12-30-22/h4,6-13,15,17,21H,3,5,14,16H2,1-2H3,(H2,29,31)(H,30,32,37)/t21-/m0/s1. The van der Waals surface area contributed by atoms with Gasteiger partial charge in [0.25, 0.3) is 5.91 Å². The molecule has 39 heavy (non-hydrogen) atoms. The lowest BCUT2D eigenvalue weighted by molar-refractivity contribution is -0.127. The minimum Gasteiger partial charge on any atom is -0.497 e. The first-order chi connectivity index (χ1) is 19.0. The van der Waals surface area contributed by atoms with Gasteiger partial charge in [-0.1, -0.05) is 18.2 Å². The lowest BCUT2D eigenvalue weighted by Crippen LogP contribution is -2.30. The van der Waals surface area contributed by atoms with Gasteiger partial charge in [-0.05, 0) is 31.0 Å². The predicted molar refractivity (Wildman–Crippen MR) is 146 cm³/mol. The van der Waals surface area contributed by atoms with Crippen molar-refractivity contribution in [1.29, 1.82) is 0 Å². The summed E-state index contributed by atoms with van der Waals surface area (Å²) >= 11 is 0. The molecule has 4 aromatic rings. The average Bonchev–Trinajstić information content (AvgIpc) is 3.59. The summed E-state index contributed by atoms with van der Waals surface area (Å²) in [4.78, 5) is 40.9. The normalized spacial score (nSPS) is 15.2. The van der Waals surface area contributed by atoms with E-state index < -0.39 is 0 Å². The summed E-state index contributed by atoms with van der Waals surface area (Å²) in [5.74, 6) is 1.63. The van der Waals surface area contributed by atoms with Crippen molar-refractivity contribution in [2.75, 3.05) is 38.4 Å².